The molecule has 1 aromatic carbocycles. The Morgan fingerprint density at radius 1 is 1.48 bits per heavy atom. The van der Waals surface area contributed by atoms with Crippen LogP contribution in [-0.4, -0.2) is 30.3 Å². The lowest BCUT2D eigenvalue weighted by molar-refractivity contribution is -0.136. The van der Waals surface area contributed by atoms with Gasteiger partial charge >= 0.3 is 0 Å². The van der Waals surface area contributed by atoms with Crippen molar-refractivity contribution < 1.29 is 14.6 Å². The van der Waals surface area contributed by atoms with Crippen molar-refractivity contribution in [2.75, 3.05) is 19.0 Å². The maximum Gasteiger partial charge on any atom is 0.256 e. The predicted octanol–water partition coefficient (Wildman–Crippen LogP) is 2.48. The molecular weight excluding hydrogens is 266 g/mol. The van der Waals surface area contributed by atoms with E-state index in [1.165, 1.54) is 7.11 Å². The first-order valence-corrected chi connectivity index (χ1v) is 7.03. The van der Waals surface area contributed by atoms with Gasteiger partial charge in [-0.05, 0) is 38.0 Å². The van der Waals surface area contributed by atoms with Crippen molar-refractivity contribution in [2.24, 2.45) is 0 Å². The number of aryl methyl sites for hydroxylation is 1. The maximum absolute atomic E-state index is 12.2. The van der Waals surface area contributed by atoms with Crippen LogP contribution in [0, 0.1) is 18.8 Å². The van der Waals surface area contributed by atoms with Crippen molar-refractivity contribution in [3.05, 3.63) is 29.3 Å². The first-order valence-electron chi connectivity index (χ1n) is 7.03. The van der Waals surface area contributed by atoms with Crippen molar-refractivity contribution >= 4 is 11.6 Å². The van der Waals surface area contributed by atoms with Crippen molar-refractivity contribution in [3.8, 4) is 11.8 Å². The van der Waals surface area contributed by atoms with Crippen LogP contribution >= 0.6 is 0 Å². The second-order valence-electron chi connectivity index (χ2n) is 5.05. The van der Waals surface area contributed by atoms with E-state index in [0.29, 0.717) is 18.5 Å². The number of aliphatic hydroxyl groups is 1. The predicted molar refractivity (Wildman–Crippen MR) is 84.1 cm³/mol. The van der Waals surface area contributed by atoms with E-state index < -0.39 is 5.60 Å². The van der Waals surface area contributed by atoms with Crippen molar-refractivity contribution in [1.29, 1.82) is 0 Å². The molecule has 1 unspecified atom stereocenters. The Labute approximate surface area is 126 Å². The zero-order valence-electron chi connectivity index (χ0n) is 13.1. The van der Waals surface area contributed by atoms with Crippen LogP contribution in [0.5, 0.6) is 0 Å². The van der Waals surface area contributed by atoms with Gasteiger partial charge in [0.1, 0.15) is 5.60 Å². The van der Waals surface area contributed by atoms with Gasteiger partial charge in [0.05, 0.1) is 6.61 Å². The van der Waals surface area contributed by atoms with E-state index in [-0.39, 0.29) is 12.5 Å². The molecule has 0 spiro atoms. The molecule has 0 saturated carbocycles. The molecule has 2 N–H and O–H groups in total. The average Bonchev–Trinajstić information content (AvgIpc) is 2.49. The molecular formula is C17H23NO3. The van der Waals surface area contributed by atoms with E-state index >= 15 is 0 Å². The first-order chi connectivity index (χ1) is 9.96. The molecule has 4 heteroatoms. The van der Waals surface area contributed by atoms with E-state index in [4.69, 9.17) is 9.84 Å². The Morgan fingerprint density at radius 3 is 2.76 bits per heavy atom. The molecule has 114 valence electrons. The standard InChI is InChI=1S/C17H23NO3/c1-5-17(3,21-4)16(20)18-15-10-9-13(2)14(12-15)8-6-7-11-19/h9-10,12,19H,5,7,11H2,1-4H3,(H,18,20). The number of amides is 1. The lowest BCUT2D eigenvalue weighted by Gasteiger charge is -2.25. The van der Waals surface area contributed by atoms with Gasteiger partial charge in [-0.2, -0.15) is 0 Å². The maximum atomic E-state index is 12.2. The molecule has 1 rings (SSSR count). The third-order valence-electron chi connectivity index (χ3n) is 3.56. The minimum atomic E-state index is -0.840. The Balaban J connectivity index is 2.93. The topological polar surface area (TPSA) is 58.6 Å². The van der Waals surface area contributed by atoms with Crippen LogP contribution in [0.2, 0.25) is 0 Å². The molecule has 0 aliphatic heterocycles. The lowest BCUT2D eigenvalue weighted by atomic mass is 10.0. The number of carbonyl (C=O) groups is 1. The van der Waals surface area contributed by atoms with Crippen LogP contribution in [0.4, 0.5) is 5.69 Å². The van der Waals surface area contributed by atoms with E-state index in [0.717, 1.165) is 11.1 Å². The number of ether oxygens (including phenoxy) is 1. The smallest absolute Gasteiger partial charge is 0.256 e. The summed E-state index contributed by atoms with van der Waals surface area (Å²) >= 11 is 0. The van der Waals surface area contributed by atoms with E-state index in [2.05, 4.69) is 17.2 Å². The second-order valence-corrected chi connectivity index (χ2v) is 5.05. The van der Waals surface area contributed by atoms with Crippen molar-refractivity contribution in [3.63, 3.8) is 0 Å². The summed E-state index contributed by atoms with van der Waals surface area (Å²) in [5, 5.41) is 11.6. The van der Waals surface area contributed by atoms with Crippen LogP contribution < -0.4 is 5.32 Å². The molecule has 1 amide bonds. The molecule has 0 aliphatic carbocycles. The van der Waals surface area contributed by atoms with Gasteiger partial charge in [0, 0.05) is 24.8 Å². The summed E-state index contributed by atoms with van der Waals surface area (Å²) in [6.45, 7) is 5.67. The highest BCUT2D eigenvalue weighted by Crippen LogP contribution is 2.19. The Bertz CT molecular complexity index is 551. The van der Waals surface area contributed by atoms with Crippen LogP contribution in [0.1, 0.15) is 37.8 Å². The molecule has 1 aromatic rings. The molecule has 0 fully saturated rings. The summed E-state index contributed by atoms with van der Waals surface area (Å²) in [4.78, 5) is 12.2. The molecule has 0 aliphatic rings. The van der Waals surface area contributed by atoms with Crippen LogP contribution in [-0.2, 0) is 9.53 Å². The van der Waals surface area contributed by atoms with E-state index in [1.54, 1.807) is 6.92 Å². The molecule has 0 radical (unpaired) electrons. The number of hydrogen-bond donors (Lipinski definition) is 2. The lowest BCUT2D eigenvalue weighted by Crippen LogP contribution is -2.41. The first kappa shape index (κ1) is 17.2. The zero-order chi connectivity index (χ0) is 15.9. The third kappa shape index (κ3) is 4.59. The van der Waals surface area contributed by atoms with Gasteiger partial charge in [-0.25, -0.2) is 0 Å². The number of hydrogen-bond acceptors (Lipinski definition) is 3. The summed E-state index contributed by atoms with van der Waals surface area (Å²) in [5.74, 6) is 5.71. The normalized spacial score (nSPS) is 13.0. The highest BCUT2D eigenvalue weighted by molar-refractivity contribution is 5.97. The van der Waals surface area contributed by atoms with Crippen LogP contribution in [0.25, 0.3) is 0 Å². The summed E-state index contributed by atoms with van der Waals surface area (Å²) < 4.78 is 5.29. The van der Waals surface area contributed by atoms with Gasteiger partial charge in [0.15, 0.2) is 0 Å². The third-order valence-corrected chi connectivity index (χ3v) is 3.56. The summed E-state index contributed by atoms with van der Waals surface area (Å²) in [6, 6.07) is 5.59. The average molecular weight is 289 g/mol. The van der Waals surface area contributed by atoms with Gasteiger partial charge in [-0.3, -0.25) is 4.79 Å². The fourth-order valence-corrected chi connectivity index (χ4v) is 1.71. The summed E-state index contributed by atoms with van der Waals surface area (Å²) in [5.41, 5.74) is 1.73. The van der Waals surface area contributed by atoms with Crippen LogP contribution in [0.15, 0.2) is 18.2 Å². The fraction of sp³-hybridized carbons (Fsp3) is 0.471. The highest BCUT2D eigenvalue weighted by Gasteiger charge is 2.30. The molecule has 21 heavy (non-hydrogen) atoms. The molecule has 4 nitrogen and oxygen atoms in total. The largest absolute Gasteiger partial charge is 0.395 e. The Kier molecular flexibility index (Phi) is 6.41. The second kappa shape index (κ2) is 7.82. The highest BCUT2D eigenvalue weighted by atomic mass is 16.5. The Morgan fingerprint density at radius 2 is 2.19 bits per heavy atom. The van der Waals surface area contributed by atoms with Gasteiger partial charge in [-0.15, -0.1) is 0 Å². The van der Waals surface area contributed by atoms with Crippen LogP contribution in [0.3, 0.4) is 0 Å². The van der Waals surface area contributed by atoms with E-state index in [1.807, 2.05) is 32.0 Å². The number of anilines is 1. The summed E-state index contributed by atoms with van der Waals surface area (Å²) in [7, 11) is 1.53. The molecule has 1 atom stereocenters. The fourth-order valence-electron chi connectivity index (χ4n) is 1.71. The van der Waals surface area contributed by atoms with E-state index in [9.17, 15) is 4.79 Å². The number of carbonyl (C=O) groups excluding carboxylic acids is 1. The minimum Gasteiger partial charge on any atom is -0.395 e. The van der Waals surface area contributed by atoms with Crippen molar-refractivity contribution in [2.45, 2.75) is 39.2 Å². The number of benzene rings is 1. The number of nitrogens with one attached hydrogen (secondary N) is 1. The molecule has 0 heterocycles. The summed E-state index contributed by atoms with van der Waals surface area (Å²) in [6.07, 6.45) is 1.03. The zero-order valence-corrected chi connectivity index (χ0v) is 13.1. The Hall–Kier alpha value is -1.83. The van der Waals surface area contributed by atoms with Gasteiger partial charge in [0.2, 0.25) is 0 Å². The van der Waals surface area contributed by atoms with Gasteiger partial charge in [-0.1, -0.05) is 24.8 Å². The van der Waals surface area contributed by atoms with Crippen molar-refractivity contribution in [1.82, 2.24) is 0 Å². The van der Waals surface area contributed by atoms with Gasteiger partial charge in [0.25, 0.3) is 5.91 Å². The molecule has 0 saturated heterocycles. The monoisotopic (exact) mass is 289 g/mol. The molecule has 0 aromatic heterocycles. The quantitative estimate of drug-likeness (QED) is 0.819. The number of rotatable bonds is 5. The molecule has 0 bridgehead atoms. The SMILES string of the molecule is CCC(C)(OC)C(=O)Nc1ccc(C)c(C#CCCO)c1. The minimum absolute atomic E-state index is 0.0468. The number of aliphatic hydroxyl groups excluding tert-OH is 1. The number of methoxy groups -OCH3 is 1. The van der Waals surface area contributed by atoms with Gasteiger partial charge < -0.3 is 15.2 Å².